The Morgan fingerprint density at radius 3 is 2.72 bits per heavy atom. The van der Waals surface area contributed by atoms with E-state index in [0.29, 0.717) is 17.8 Å². The predicted molar refractivity (Wildman–Crippen MR) is 113 cm³/mol. The maximum atomic E-state index is 13.2. The van der Waals surface area contributed by atoms with Crippen molar-refractivity contribution in [1.82, 2.24) is 19.7 Å². The Kier molecular flexibility index (Phi) is 5.42. The van der Waals surface area contributed by atoms with Crippen LogP contribution >= 0.6 is 0 Å². The third kappa shape index (κ3) is 3.92. The van der Waals surface area contributed by atoms with Crippen LogP contribution in [0.2, 0.25) is 0 Å². The van der Waals surface area contributed by atoms with Gasteiger partial charge in [0.15, 0.2) is 5.65 Å². The van der Waals surface area contributed by atoms with Gasteiger partial charge in [-0.25, -0.2) is 9.67 Å². The van der Waals surface area contributed by atoms with E-state index in [4.69, 9.17) is 9.40 Å². The van der Waals surface area contributed by atoms with Gasteiger partial charge < -0.3 is 9.32 Å². The minimum Gasteiger partial charge on any atom is -0.467 e. The highest BCUT2D eigenvalue weighted by atomic mass is 16.3. The number of amides is 1. The van der Waals surface area contributed by atoms with Gasteiger partial charge in [0.05, 0.1) is 29.1 Å². The molecule has 0 unspecified atom stereocenters. The topological polar surface area (TPSA) is 64.2 Å². The van der Waals surface area contributed by atoms with E-state index in [9.17, 15) is 4.79 Å². The molecule has 148 valence electrons. The number of hydrogen-bond acceptors (Lipinski definition) is 4. The minimum atomic E-state index is -0.0134. The van der Waals surface area contributed by atoms with Crippen LogP contribution < -0.4 is 0 Å². The summed E-state index contributed by atoms with van der Waals surface area (Å²) in [5.41, 5.74) is 3.02. The number of furan rings is 1. The first-order chi connectivity index (χ1) is 14.2. The highest BCUT2D eigenvalue weighted by Gasteiger charge is 2.20. The van der Waals surface area contributed by atoms with Crippen LogP contribution in [0.1, 0.15) is 35.9 Å². The molecule has 0 aliphatic rings. The fourth-order valence-corrected chi connectivity index (χ4v) is 3.35. The molecule has 0 fully saturated rings. The summed E-state index contributed by atoms with van der Waals surface area (Å²) in [6.45, 7) is 3.30. The van der Waals surface area contributed by atoms with Crippen molar-refractivity contribution in [3.8, 4) is 11.3 Å². The van der Waals surface area contributed by atoms with E-state index in [1.165, 1.54) is 0 Å². The monoisotopic (exact) mass is 388 g/mol. The molecule has 0 atom stereocenters. The van der Waals surface area contributed by atoms with Crippen molar-refractivity contribution in [2.75, 3.05) is 13.6 Å². The molecule has 0 saturated carbocycles. The molecule has 0 saturated heterocycles. The van der Waals surface area contributed by atoms with Crippen LogP contribution in [0.4, 0.5) is 0 Å². The van der Waals surface area contributed by atoms with E-state index >= 15 is 0 Å². The summed E-state index contributed by atoms with van der Waals surface area (Å²) >= 11 is 0. The summed E-state index contributed by atoms with van der Waals surface area (Å²) < 4.78 is 7.25. The molecule has 6 nitrogen and oxygen atoms in total. The summed E-state index contributed by atoms with van der Waals surface area (Å²) in [6.07, 6.45) is 5.38. The van der Waals surface area contributed by atoms with Crippen LogP contribution in [0.15, 0.2) is 65.4 Å². The average molecular weight is 388 g/mol. The van der Waals surface area contributed by atoms with Crippen LogP contribution in [0.5, 0.6) is 0 Å². The van der Waals surface area contributed by atoms with Crippen LogP contribution in [0.3, 0.4) is 0 Å². The second kappa shape index (κ2) is 8.31. The van der Waals surface area contributed by atoms with Crippen LogP contribution in [0.25, 0.3) is 22.3 Å². The molecule has 0 aliphatic carbocycles. The quantitative estimate of drug-likeness (QED) is 0.464. The van der Waals surface area contributed by atoms with E-state index in [2.05, 4.69) is 12.0 Å². The molecule has 0 N–H and O–H groups in total. The minimum absolute atomic E-state index is 0.0134. The lowest BCUT2D eigenvalue weighted by Gasteiger charge is -2.18. The Bertz CT molecular complexity index is 1100. The fraction of sp³-hybridized carbons (Fsp3) is 0.261. The molecule has 4 rings (SSSR count). The summed E-state index contributed by atoms with van der Waals surface area (Å²) in [7, 11) is 1.85. The van der Waals surface area contributed by atoms with Crippen molar-refractivity contribution in [3.05, 3.63) is 72.3 Å². The number of rotatable bonds is 7. The largest absolute Gasteiger partial charge is 0.467 e. The third-order valence-corrected chi connectivity index (χ3v) is 4.99. The number of carbonyl (C=O) groups is 1. The van der Waals surface area contributed by atoms with Crippen molar-refractivity contribution in [2.24, 2.45) is 0 Å². The maximum absolute atomic E-state index is 13.2. The summed E-state index contributed by atoms with van der Waals surface area (Å²) in [6, 6.07) is 15.5. The maximum Gasteiger partial charge on any atom is 0.254 e. The lowest BCUT2D eigenvalue weighted by molar-refractivity contribution is 0.0795. The van der Waals surface area contributed by atoms with Gasteiger partial charge >= 0.3 is 0 Å². The van der Waals surface area contributed by atoms with Crippen molar-refractivity contribution in [1.29, 1.82) is 0 Å². The first-order valence-electron chi connectivity index (χ1n) is 9.87. The second-order valence-electron chi connectivity index (χ2n) is 7.12. The first kappa shape index (κ1) is 18.9. The standard InChI is InChI=1S/C23H24N4O2/c1-3-4-12-26(2)23(28)19-14-21(17-9-6-5-7-10-17)25-22-20(19)15-24-27(22)16-18-11-8-13-29-18/h5-11,13-15H,3-4,12,16H2,1-2H3. The Hall–Kier alpha value is -3.41. The Balaban J connectivity index is 1.82. The van der Waals surface area contributed by atoms with Gasteiger partial charge in [-0.15, -0.1) is 0 Å². The van der Waals surface area contributed by atoms with Gasteiger partial charge in [-0.1, -0.05) is 43.7 Å². The predicted octanol–water partition coefficient (Wildman–Crippen LogP) is 4.61. The van der Waals surface area contributed by atoms with E-state index in [1.807, 2.05) is 55.6 Å². The molecule has 3 aromatic heterocycles. The van der Waals surface area contributed by atoms with Gasteiger partial charge in [0.25, 0.3) is 5.91 Å². The molecule has 4 aromatic rings. The van der Waals surface area contributed by atoms with Crippen LogP contribution in [0, 0.1) is 0 Å². The zero-order valence-corrected chi connectivity index (χ0v) is 16.7. The molecule has 3 heterocycles. The van der Waals surface area contributed by atoms with E-state index in [0.717, 1.165) is 41.8 Å². The Morgan fingerprint density at radius 1 is 1.17 bits per heavy atom. The third-order valence-electron chi connectivity index (χ3n) is 4.99. The Morgan fingerprint density at radius 2 is 2.00 bits per heavy atom. The molecule has 0 spiro atoms. The van der Waals surface area contributed by atoms with Crippen molar-refractivity contribution in [3.63, 3.8) is 0 Å². The van der Waals surface area contributed by atoms with Crippen molar-refractivity contribution in [2.45, 2.75) is 26.3 Å². The molecular formula is C23H24N4O2. The number of unbranched alkanes of at least 4 members (excludes halogenated alkanes) is 1. The highest BCUT2D eigenvalue weighted by Crippen LogP contribution is 2.26. The van der Waals surface area contributed by atoms with Gasteiger partial charge in [0, 0.05) is 19.2 Å². The number of benzene rings is 1. The number of nitrogens with zero attached hydrogens (tertiary/aromatic N) is 4. The van der Waals surface area contributed by atoms with Gasteiger partial charge in [0.1, 0.15) is 12.3 Å². The van der Waals surface area contributed by atoms with Gasteiger partial charge in [-0.3, -0.25) is 4.79 Å². The van der Waals surface area contributed by atoms with E-state index in [-0.39, 0.29) is 5.91 Å². The summed E-state index contributed by atoms with van der Waals surface area (Å²) in [4.78, 5) is 19.8. The summed E-state index contributed by atoms with van der Waals surface area (Å²) in [5.74, 6) is 0.774. The molecule has 6 heteroatoms. The normalized spacial score (nSPS) is 11.1. The first-order valence-corrected chi connectivity index (χ1v) is 9.87. The van der Waals surface area contributed by atoms with Gasteiger partial charge in [-0.2, -0.15) is 5.10 Å². The lowest BCUT2D eigenvalue weighted by Crippen LogP contribution is -2.28. The highest BCUT2D eigenvalue weighted by molar-refractivity contribution is 6.06. The SMILES string of the molecule is CCCCN(C)C(=O)c1cc(-c2ccccc2)nc2c1cnn2Cc1ccco1. The molecule has 0 bridgehead atoms. The molecule has 1 amide bonds. The molecular weight excluding hydrogens is 364 g/mol. The number of aromatic nitrogens is 3. The van der Waals surface area contributed by atoms with Crippen LogP contribution in [-0.4, -0.2) is 39.2 Å². The molecule has 29 heavy (non-hydrogen) atoms. The zero-order valence-electron chi connectivity index (χ0n) is 16.7. The van der Waals surface area contributed by atoms with E-state index in [1.54, 1.807) is 22.0 Å². The number of pyridine rings is 1. The average Bonchev–Trinajstić information content (AvgIpc) is 3.42. The van der Waals surface area contributed by atoms with Gasteiger partial charge in [0.2, 0.25) is 0 Å². The number of carbonyl (C=O) groups excluding carboxylic acids is 1. The van der Waals surface area contributed by atoms with Gasteiger partial charge in [-0.05, 0) is 24.6 Å². The molecule has 1 aromatic carbocycles. The van der Waals surface area contributed by atoms with Crippen molar-refractivity contribution >= 4 is 16.9 Å². The van der Waals surface area contributed by atoms with Crippen molar-refractivity contribution < 1.29 is 9.21 Å². The molecule has 0 radical (unpaired) electrons. The van der Waals surface area contributed by atoms with Crippen LogP contribution in [-0.2, 0) is 6.54 Å². The second-order valence-corrected chi connectivity index (χ2v) is 7.12. The number of hydrogen-bond donors (Lipinski definition) is 0. The smallest absolute Gasteiger partial charge is 0.254 e. The Labute approximate surface area is 169 Å². The lowest BCUT2D eigenvalue weighted by atomic mass is 10.1. The zero-order chi connectivity index (χ0) is 20.2. The summed E-state index contributed by atoms with van der Waals surface area (Å²) in [5, 5.41) is 5.25. The number of fused-ring (bicyclic) bond motifs is 1. The molecule has 0 aliphatic heterocycles. The van der Waals surface area contributed by atoms with E-state index < -0.39 is 0 Å². The fourth-order valence-electron chi connectivity index (χ4n) is 3.35.